The molecule has 1 aromatic heterocycles. The fourth-order valence-electron chi connectivity index (χ4n) is 1.51. The van der Waals surface area contributed by atoms with Crippen LogP contribution in [0.3, 0.4) is 0 Å². The molecule has 0 radical (unpaired) electrons. The van der Waals surface area contributed by atoms with Crippen LogP contribution in [0.2, 0.25) is 0 Å². The zero-order chi connectivity index (χ0) is 13.7. The highest BCUT2D eigenvalue weighted by Crippen LogP contribution is 2.22. The van der Waals surface area contributed by atoms with Crippen LogP contribution in [0, 0.1) is 21.4 Å². The number of benzene rings is 1. The normalized spacial score (nSPS) is 9.84. The van der Waals surface area contributed by atoms with Crippen molar-refractivity contribution in [2.45, 2.75) is 6.42 Å². The smallest absolute Gasteiger partial charge is 0.289 e. The van der Waals surface area contributed by atoms with Gasteiger partial charge in [-0.05, 0) is 12.1 Å². The van der Waals surface area contributed by atoms with E-state index in [1.807, 2.05) is 0 Å². The molecule has 2 rings (SSSR count). The van der Waals surface area contributed by atoms with Crippen molar-refractivity contribution < 1.29 is 9.45 Å². The van der Waals surface area contributed by atoms with Crippen molar-refractivity contribution in [3.8, 4) is 6.07 Å². The van der Waals surface area contributed by atoms with E-state index in [1.165, 1.54) is 18.5 Å². The van der Waals surface area contributed by atoms with E-state index < -0.39 is 4.92 Å². The van der Waals surface area contributed by atoms with Gasteiger partial charge in [0, 0.05) is 24.7 Å². The molecule has 1 N–H and O–H groups in total. The molecule has 0 atom stereocenters. The lowest BCUT2D eigenvalue weighted by Gasteiger charge is -2.04. The summed E-state index contributed by atoms with van der Waals surface area (Å²) < 4.78 is 4.58. The Kier molecular flexibility index (Phi) is 3.68. The molecule has 1 heterocycles. The van der Waals surface area contributed by atoms with Crippen molar-refractivity contribution in [3.05, 3.63) is 46.1 Å². The summed E-state index contributed by atoms with van der Waals surface area (Å²) in [5.41, 5.74) is 0.384. The lowest BCUT2D eigenvalue weighted by atomic mass is 10.2. The van der Waals surface area contributed by atoms with Gasteiger partial charge < -0.3 is 9.84 Å². The minimum absolute atomic E-state index is 0.0358. The van der Waals surface area contributed by atoms with Gasteiger partial charge in [-0.2, -0.15) is 10.2 Å². The molecule has 0 amide bonds. The summed E-state index contributed by atoms with van der Waals surface area (Å²) in [6.45, 7) is 0.503. The molecule has 0 saturated heterocycles. The van der Waals surface area contributed by atoms with Crippen LogP contribution in [-0.2, 0) is 6.42 Å². The molecule has 1 aromatic carbocycles. The van der Waals surface area contributed by atoms with Crippen molar-refractivity contribution in [3.63, 3.8) is 0 Å². The molecule has 0 saturated carbocycles. The first kappa shape index (κ1) is 12.5. The Hall–Kier alpha value is -2.95. The maximum absolute atomic E-state index is 10.8. The molecule has 0 aliphatic carbocycles. The Morgan fingerprint density at radius 2 is 2.37 bits per heavy atom. The van der Waals surface area contributed by atoms with E-state index >= 15 is 0 Å². The van der Waals surface area contributed by atoms with Crippen LogP contribution in [0.4, 0.5) is 11.4 Å². The average molecular weight is 259 g/mol. The first-order chi connectivity index (χ1) is 9.20. The number of nitrogens with one attached hydrogen (secondary N) is 1. The number of aromatic nitrogens is 2. The lowest BCUT2D eigenvalue weighted by molar-refractivity contribution is -0.385. The Morgan fingerprint density at radius 1 is 1.53 bits per heavy atom. The Morgan fingerprint density at radius 3 is 3.00 bits per heavy atom. The van der Waals surface area contributed by atoms with E-state index in [9.17, 15) is 10.1 Å². The zero-order valence-corrected chi connectivity index (χ0v) is 9.74. The molecule has 0 bridgehead atoms. The molecule has 0 aliphatic rings. The summed E-state index contributed by atoms with van der Waals surface area (Å²) in [5, 5.41) is 26.2. The van der Waals surface area contributed by atoms with E-state index in [1.54, 1.807) is 12.1 Å². The van der Waals surface area contributed by atoms with Gasteiger partial charge in [-0.1, -0.05) is 5.16 Å². The van der Waals surface area contributed by atoms with Gasteiger partial charge in [0.2, 0.25) is 6.39 Å². The molecule has 0 fully saturated rings. The SMILES string of the molecule is N#Cc1ccc(NCCc2ncon2)cc1[N+](=O)[O-]. The van der Waals surface area contributed by atoms with Crippen LogP contribution in [0.15, 0.2) is 29.1 Å². The summed E-state index contributed by atoms with van der Waals surface area (Å²) in [4.78, 5) is 14.1. The molecule has 0 aliphatic heterocycles. The summed E-state index contributed by atoms with van der Waals surface area (Å²) in [7, 11) is 0. The largest absolute Gasteiger partial charge is 0.384 e. The zero-order valence-electron chi connectivity index (χ0n) is 9.74. The van der Waals surface area contributed by atoms with Crippen LogP contribution >= 0.6 is 0 Å². The van der Waals surface area contributed by atoms with E-state index in [0.29, 0.717) is 24.5 Å². The predicted octanol–water partition coefficient (Wildman–Crippen LogP) is 1.50. The topological polar surface area (TPSA) is 118 Å². The fraction of sp³-hybridized carbons (Fsp3) is 0.182. The van der Waals surface area contributed by atoms with E-state index in [0.717, 1.165) is 0 Å². The fourth-order valence-corrected chi connectivity index (χ4v) is 1.51. The predicted molar refractivity (Wildman–Crippen MR) is 64.3 cm³/mol. The lowest BCUT2D eigenvalue weighted by Crippen LogP contribution is -2.06. The molecule has 96 valence electrons. The van der Waals surface area contributed by atoms with Crippen molar-refractivity contribution in [1.29, 1.82) is 5.26 Å². The summed E-state index contributed by atoms with van der Waals surface area (Å²) >= 11 is 0. The molecule has 2 aromatic rings. The third-order valence-electron chi connectivity index (χ3n) is 2.40. The third-order valence-corrected chi connectivity index (χ3v) is 2.40. The van der Waals surface area contributed by atoms with Gasteiger partial charge in [0.1, 0.15) is 11.6 Å². The number of nitriles is 1. The molecule has 0 unspecified atom stereocenters. The summed E-state index contributed by atoms with van der Waals surface area (Å²) in [5.74, 6) is 0.552. The van der Waals surface area contributed by atoms with Crippen LogP contribution in [0.5, 0.6) is 0 Å². The molecule has 8 heteroatoms. The second-order valence-electron chi connectivity index (χ2n) is 3.63. The van der Waals surface area contributed by atoms with E-state index in [2.05, 4.69) is 20.0 Å². The first-order valence-corrected chi connectivity index (χ1v) is 5.38. The highest BCUT2D eigenvalue weighted by Gasteiger charge is 2.13. The van der Waals surface area contributed by atoms with Crippen LogP contribution in [0.25, 0.3) is 0 Å². The van der Waals surface area contributed by atoms with Crippen molar-refractivity contribution >= 4 is 11.4 Å². The number of rotatable bonds is 5. The molecular formula is C11H9N5O3. The van der Waals surface area contributed by atoms with Crippen molar-refractivity contribution in [1.82, 2.24) is 10.1 Å². The van der Waals surface area contributed by atoms with E-state index in [4.69, 9.17) is 5.26 Å². The highest BCUT2D eigenvalue weighted by molar-refractivity contribution is 5.59. The van der Waals surface area contributed by atoms with Crippen molar-refractivity contribution in [2.75, 3.05) is 11.9 Å². The molecule has 8 nitrogen and oxygen atoms in total. The monoisotopic (exact) mass is 259 g/mol. The second kappa shape index (κ2) is 5.59. The maximum atomic E-state index is 10.8. The summed E-state index contributed by atoms with van der Waals surface area (Å²) in [6.07, 6.45) is 1.77. The van der Waals surface area contributed by atoms with Gasteiger partial charge in [-0.25, -0.2) is 0 Å². The van der Waals surface area contributed by atoms with Gasteiger partial charge in [0.15, 0.2) is 5.82 Å². The number of nitro groups is 1. The first-order valence-electron chi connectivity index (χ1n) is 5.38. The number of nitro benzene ring substituents is 1. The molecule has 0 spiro atoms. The van der Waals surface area contributed by atoms with Gasteiger partial charge in [0.25, 0.3) is 5.69 Å². The van der Waals surface area contributed by atoms with Crippen LogP contribution in [0.1, 0.15) is 11.4 Å². The Balaban J connectivity index is 2.03. The molecule has 19 heavy (non-hydrogen) atoms. The Labute approximate surface area is 107 Å². The maximum Gasteiger partial charge on any atom is 0.289 e. The van der Waals surface area contributed by atoms with Crippen molar-refractivity contribution in [2.24, 2.45) is 0 Å². The quantitative estimate of drug-likeness (QED) is 0.638. The minimum atomic E-state index is -0.580. The number of anilines is 1. The molecular weight excluding hydrogens is 250 g/mol. The minimum Gasteiger partial charge on any atom is -0.384 e. The van der Waals surface area contributed by atoms with E-state index in [-0.39, 0.29) is 11.3 Å². The van der Waals surface area contributed by atoms with Crippen LogP contribution < -0.4 is 5.32 Å². The highest BCUT2D eigenvalue weighted by atomic mass is 16.6. The third kappa shape index (κ3) is 3.04. The second-order valence-corrected chi connectivity index (χ2v) is 3.63. The Bertz CT molecular complexity index is 618. The van der Waals surface area contributed by atoms with Gasteiger partial charge in [0.05, 0.1) is 4.92 Å². The van der Waals surface area contributed by atoms with Gasteiger partial charge in [-0.3, -0.25) is 10.1 Å². The number of hydrogen-bond acceptors (Lipinski definition) is 7. The van der Waals surface area contributed by atoms with Crippen LogP contribution in [-0.4, -0.2) is 21.6 Å². The van der Waals surface area contributed by atoms with Gasteiger partial charge in [-0.15, -0.1) is 0 Å². The standard InChI is InChI=1S/C11H9N5O3/c12-6-8-1-2-9(5-10(8)16(17)18)13-4-3-11-14-7-19-15-11/h1-2,5,7,13H,3-4H2. The summed E-state index contributed by atoms with van der Waals surface area (Å²) in [6, 6.07) is 6.13. The van der Waals surface area contributed by atoms with Gasteiger partial charge >= 0.3 is 0 Å². The average Bonchev–Trinajstić information content (AvgIpc) is 2.91. The number of hydrogen-bond donors (Lipinski definition) is 1. The number of nitrogens with zero attached hydrogens (tertiary/aromatic N) is 4.